The average molecular weight is 409 g/mol. The van der Waals surface area contributed by atoms with Crippen LogP contribution in [0.5, 0.6) is 0 Å². The van der Waals surface area contributed by atoms with Crippen LogP contribution < -0.4 is 5.76 Å². The molecule has 2 saturated heterocycles. The molecule has 154 valence electrons. The molecule has 9 heteroatoms. The van der Waals surface area contributed by atoms with Crippen molar-refractivity contribution in [3.05, 3.63) is 34.8 Å². The second kappa shape index (κ2) is 8.36. The fraction of sp³-hybridized carbons (Fsp3) is 0.632. The van der Waals surface area contributed by atoms with Crippen molar-refractivity contribution in [2.24, 2.45) is 0 Å². The molecule has 3 heterocycles. The second-order valence-corrected chi connectivity index (χ2v) is 9.48. The summed E-state index contributed by atoms with van der Waals surface area (Å²) < 4.78 is 36.0. The number of piperazine rings is 1. The van der Waals surface area contributed by atoms with Gasteiger partial charge in [-0.2, -0.15) is 17.0 Å². The Morgan fingerprint density at radius 2 is 1.46 bits per heavy atom. The minimum Gasteiger partial charge on any atom is -0.408 e. The highest BCUT2D eigenvalue weighted by molar-refractivity contribution is 7.86. The van der Waals surface area contributed by atoms with Crippen molar-refractivity contribution in [1.82, 2.24) is 18.1 Å². The van der Waals surface area contributed by atoms with Crippen LogP contribution in [0, 0.1) is 0 Å². The minimum absolute atomic E-state index is 0.344. The number of oxazole rings is 1. The Balaban J connectivity index is 1.34. The van der Waals surface area contributed by atoms with Gasteiger partial charge in [0.05, 0.1) is 5.52 Å². The molecular weight excluding hydrogens is 380 g/mol. The van der Waals surface area contributed by atoms with Crippen LogP contribution in [0.1, 0.15) is 25.7 Å². The molecule has 0 bridgehead atoms. The van der Waals surface area contributed by atoms with Crippen LogP contribution >= 0.6 is 0 Å². The highest BCUT2D eigenvalue weighted by Gasteiger charge is 2.32. The Morgan fingerprint density at radius 3 is 2.18 bits per heavy atom. The lowest BCUT2D eigenvalue weighted by atomic mass is 10.2. The summed E-state index contributed by atoms with van der Waals surface area (Å²) >= 11 is 0. The average Bonchev–Trinajstić information content (AvgIpc) is 2.87. The molecule has 4 rings (SSSR count). The van der Waals surface area contributed by atoms with Crippen LogP contribution in [0.3, 0.4) is 0 Å². The molecular formula is C19H28N4O4S. The van der Waals surface area contributed by atoms with E-state index in [-0.39, 0.29) is 5.76 Å². The van der Waals surface area contributed by atoms with Crippen molar-refractivity contribution in [2.75, 3.05) is 45.8 Å². The van der Waals surface area contributed by atoms with Gasteiger partial charge in [0.25, 0.3) is 10.2 Å². The Hall–Kier alpha value is -1.68. The van der Waals surface area contributed by atoms with Crippen molar-refractivity contribution in [1.29, 1.82) is 0 Å². The molecule has 1 aromatic heterocycles. The van der Waals surface area contributed by atoms with Gasteiger partial charge in [-0.15, -0.1) is 0 Å². The van der Waals surface area contributed by atoms with Crippen LogP contribution in [0.2, 0.25) is 0 Å². The number of hydrogen-bond donors (Lipinski definition) is 0. The van der Waals surface area contributed by atoms with Crippen molar-refractivity contribution in [3.8, 4) is 0 Å². The monoisotopic (exact) mass is 408 g/mol. The van der Waals surface area contributed by atoms with Crippen LogP contribution in [0.4, 0.5) is 0 Å². The fourth-order valence-electron chi connectivity index (χ4n) is 4.09. The van der Waals surface area contributed by atoms with E-state index in [1.165, 1.54) is 0 Å². The molecule has 2 aliphatic heterocycles. The summed E-state index contributed by atoms with van der Waals surface area (Å²) in [7, 11) is -3.36. The lowest BCUT2D eigenvalue weighted by molar-refractivity contribution is 0.175. The van der Waals surface area contributed by atoms with Gasteiger partial charge in [-0.05, 0) is 25.0 Å². The van der Waals surface area contributed by atoms with Crippen molar-refractivity contribution < 1.29 is 12.8 Å². The largest absolute Gasteiger partial charge is 0.419 e. The summed E-state index contributed by atoms with van der Waals surface area (Å²) in [5.41, 5.74) is 1.40. The topological polar surface area (TPSA) is 79.0 Å². The van der Waals surface area contributed by atoms with Crippen molar-refractivity contribution in [2.45, 2.75) is 32.2 Å². The van der Waals surface area contributed by atoms with Gasteiger partial charge in [0.15, 0.2) is 5.58 Å². The van der Waals surface area contributed by atoms with Crippen LogP contribution in [-0.4, -0.2) is 72.3 Å². The normalized spacial score (nSPS) is 21.1. The quantitative estimate of drug-likeness (QED) is 0.746. The SMILES string of the molecule is O=c1oc2ccccc2n1CCN1CCN(S(=O)(=O)N2CCCCCC2)CC1. The molecule has 1 aromatic carbocycles. The predicted octanol–water partition coefficient (Wildman–Crippen LogP) is 1.33. The number of rotatable bonds is 5. The number of aromatic nitrogens is 1. The zero-order chi connectivity index (χ0) is 19.6. The molecule has 0 spiro atoms. The smallest absolute Gasteiger partial charge is 0.408 e. The molecule has 2 fully saturated rings. The summed E-state index contributed by atoms with van der Waals surface area (Å²) in [5.74, 6) is -0.344. The Labute approximate surface area is 165 Å². The highest BCUT2D eigenvalue weighted by Crippen LogP contribution is 2.18. The van der Waals surface area contributed by atoms with Crippen LogP contribution in [0.25, 0.3) is 11.1 Å². The van der Waals surface area contributed by atoms with Crippen LogP contribution in [-0.2, 0) is 16.8 Å². The number of nitrogens with zero attached hydrogens (tertiary/aromatic N) is 4. The number of para-hydroxylation sites is 2. The first kappa shape index (κ1) is 19.6. The molecule has 0 amide bonds. The minimum atomic E-state index is -3.36. The van der Waals surface area contributed by atoms with Gasteiger partial charge in [-0.3, -0.25) is 9.47 Å². The van der Waals surface area contributed by atoms with E-state index >= 15 is 0 Å². The number of hydrogen-bond acceptors (Lipinski definition) is 5. The summed E-state index contributed by atoms with van der Waals surface area (Å²) in [6.45, 7) is 4.86. The Kier molecular flexibility index (Phi) is 5.86. The molecule has 0 radical (unpaired) electrons. The predicted molar refractivity (Wildman–Crippen MR) is 107 cm³/mol. The van der Waals surface area contributed by atoms with E-state index in [9.17, 15) is 13.2 Å². The third-order valence-corrected chi connectivity index (χ3v) is 7.80. The second-order valence-electron chi connectivity index (χ2n) is 7.55. The van der Waals surface area contributed by atoms with E-state index < -0.39 is 10.2 Å². The van der Waals surface area contributed by atoms with E-state index in [0.29, 0.717) is 57.9 Å². The van der Waals surface area contributed by atoms with E-state index in [1.807, 2.05) is 18.2 Å². The van der Waals surface area contributed by atoms with Gasteiger partial charge in [0.2, 0.25) is 0 Å². The van der Waals surface area contributed by atoms with E-state index in [0.717, 1.165) is 31.2 Å². The maximum Gasteiger partial charge on any atom is 0.419 e. The summed E-state index contributed by atoms with van der Waals surface area (Å²) in [5, 5.41) is 0. The number of benzene rings is 1. The third kappa shape index (κ3) is 4.03. The zero-order valence-corrected chi connectivity index (χ0v) is 16.9. The lowest BCUT2D eigenvalue weighted by Gasteiger charge is -2.36. The lowest BCUT2D eigenvalue weighted by Crippen LogP contribution is -2.53. The van der Waals surface area contributed by atoms with E-state index in [4.69, 9.17) is 4.42 Å². The van der Waals surface area contributed by atoms with E-state index in [1.54, 1.807) is 19.2 Å². The van der Waals surface area contributed by atoms with Gasteiger partial charge in [0, 0.05) is 52.4 Å². The molecule has 2 aromatic rings. The van der Waals surface area contributed by atoms with Crippen molar-refractivity contribution >= 4 is 21.3 Å². The zero-order valence-electron chi connectivity index (χ0n) is 16.1. The first-order valence-corrected chi connectivity index (χ1v) is 11.5. The Bertz CT molecular complexity index is 952. The molecule has 0 saturated carbocycles. The Morgan fingerprint density at radius 1 is 0.821 bits per heavy atom. The van der Waals surface area contributed by atoms with Gasteiger partial charge in [0.1, 0.15) is 0 Å². The van der Waals surface area contributed by atoms with Crippen molar-refractivity contribution in [3.63, 3.8) is 0 Å². The van der Waals surface area contributed by atoms with E-state index in [2.05, 4.69) is 4.90 Å². The van der Waals surface area contributed by atoms with Crippen LogP contribution in [0.15, 0.2) is 33.5 Å². The number of fused-ring (bicyclic) bond motifs is 1. The molecule has 0 N–H and O–H groups in total. The fourth-order valence-corrected chi connectivity index (χ4v) is 5.76. The highest BCUT2D eigenvalue weighted by atomic mass is 32.2. The third-order valence-electron chi connectivity index (χ3n) is 5.76. The first-order chi connectivity index (χ1) is 13.6. The van der Waals surface area contributed by atoms with Gasteiger partial charge < -0.3 is 4.42 Å². The molecule has 8 nitrogen and oxygen atoms in total. The maximum absolute atomic E-state index is 12.9. The van der Waals surface area contributed by atoms with Gasteiger partial charge in [-0.25, -0.2) is 4.79 Å². The molecule has 28 heavy (non-hydrogen) atoms. The summed E-state index contributed by atoms with van der Waals surface area (Å²) in [4.78, 5) is 14.3. The molecule has 0 unspecified atom stereocenters. The molecule has 2 aliphatic rings. The van der Waals surface area contributed by atoms with Gasteiger partial charge in [-0.1, -0.05) is 25.0 Å². The molecule has 0 atom stereocenters. The summed E-state index contributed by atoms with van der Waals surface area (Å²) in [6.07, 6.45) is 4.13. The standard InChI is InChI=1S/C19H28N4O4S/c24-19-23(17-7-3-4-8-18(17)27-19)16-13-20-11-14-22(15-12-20)28(25,26)21-9-5-1-2-6-10-21/h3-4,7-8H,1-2,5-6,9-16H2. The molecule has 0 aliphatic carbocycles. The summed E-state index contributed by atoms with van der Waals surface area (Å²) in [6, 6.07) is 7.41. The first-order valence-electron chi connectivity index (χ1n) is 10.1. The van der Waals surface area contributed by atoms with Gasteiger partial charge >= 0.3 is 5.76 Å². The maximum atomic E-state index is 12.9.